The van der Waals surface area contributed by atoms with Gasteiger partial charge in [0.2, 0.25) is 5.91 Å². The van der Waals surface area contributed by atoms with E-state index >= 15 is 0 Å². The van der Waals surface area contributed by atoms with E-state index in [1.807, 2.05) is 0 Å². The summed E-state index contributed by atoms with van der Waals surface area (Å²) in [6.45, 7) is 0.342. The number of amides is 2. The van der Waals surface area contributed by atoms with Gasteiger partial charge in [0.25, 0.3) is 5.91 Å². The van der Waals surface area contributed by atoms with E-state index in [1.54, 1.807) is 48.4 Å². The highest BCUT2D eigenvalue weighted by Gasteiger charge is 2.43. The highest BCUT2D eigenvalue weighted by atomic mass is 32.1. The Balaban J connectivity index is 1.54. The van der Waals surface area contributed by atoms with Crippen molar-refractivity contribution < 1.29 is 23.1 Å². The molecule has 1 atom stereocenters. The molecule has 0 aliphatic carbocycles. The fourth-order valence-corrected chi connectivity index (χ4v) is 4.29. The minimum atomic E-state index is -0.841. The number of carbonyl (C=O) groups is 2. The van der Waals surface area contributed by atoms with Crippen molar-refractivity contribution in [3.8, 4) is 5.75 Å². The SMILES string of the molecule is COc1ccc(NC(=O)C[C@@H]2C(=O)N(c3ccc(F)cc3)C(=S)N2CCc2ccc(F)cc2)cc1. The van der Waals surface area contributed by atoms with Gasteiger partial charge < -0.3 is 15.0 Å². The third kappa shape index (κ3) is 5.63. The molecule has 3 aromatic rings. The maximum absolute atomic E-state index is 13.5. The highest BCUT2D eigenvalue weighted by molar-refractivity contribution is 7.80. The molecular formula is C26H23F2N3O3S. The fourth-order valence-electron chi connectivity index (χ4n) is 3.88. The zero-order valence-electron chi connectivity index (χ0n) is 18.9. The largest absolute Gasteiger partial charge is 0.497 e. The average Bonchev–Trinajstić information content (AvgIpc) is 3.08. The molecule has 35 heavy (non-hydrogen) atoms. The number of thiocarbonyl (C=S) groups is 1. The van der Waals surface area contributed by atoms with E-state index in [1.165, 1.54) is 41.3 Å². The third-order valence-corrected chi connectivity index (χ3v) is 6.13. The Hall–Kier alpha value is -3.85. The van der Waals surface area contributed by atoms with Gasteiger partial charge in [0.05, 0.1) is 19.2 Å². The lowest BCUT2D eigenvalue weighted by Crippen LogP contribution is -2.39. The number of carbonyl (C=O) groups excluding carboxylic acids is 2. The van der Waals surface area contributed by atoms with Crippen molar-refractivity contribution in [2.45, 2.75) is 18.9 Å². The van der Waals surface area contributed by atoms with Crippen LogP contribution in [0.5, 0.6) is 5.75 Å². The van der Waals surface area contributed by atoms with Crippen molar-refractivity contribution in [3.05, 3.63) is 90.0 Å². The molecule has 1 aliphatic heterocycles. The van der Waals surface area contributed by atoms with E-state index in [0.29, 0.717) is 30.1 Å². The second kappa shape index (κ2) is 10.6. The molecule has 0 spiro atoms. The van der Waals surface area contributed by atoms with Crippen molar-refractivity contribution in [1.29, 1.82) is 0 Å². The topological polar surface area (TPSA) is 61.9 Å². The lowest BCUT2D eigenvalue weighted by molar-refractivity contribution is -0.124. The summed E-state index contributed by atoms with van der Waals surface area (Å²) in [5.74, 6) is -0.845. The second-order valence-corrected chi connectivity index (χ2v) is 8.36. The Bertz CT molecular complexity index is 1220. The van der Waals surface area contributed by atoms with Crippen molar-refractivity contribution in [2.75, 3.05) is 23.9 Å². The van der Waals surface area contributed by atoms with Crippen LogP contribution in [0.15, 0.2) is 72.8 Å². The predicted molar refractivity (Wildman–Crippen MR) is 133 cm³/mol. The van der Waals surface area contributed by atoms with Crippen LogP contribution in [0.4, 0.5) is 20.2 Å². The van der Waals surface area contributed by atoms with Gasteiger partial charge >= 0.3 is 0 Å². The maximum Gasteiger partial charge on any atom is 0.256 e. The zero-order valence-corrected chi connectivity index (χ0v) is 19.7. The van der Waals surface area contributed by atoms with Crippen LogP contribution in [0.25, 0.3) is 0 Å². The lowest BCUT2D eigenvalue weighted by Gasteiger charge is -2.24. The molecule has 3 aromatic carbocycles. The van der Waals surface area contributed by atoms with Gasteiger partial charge in [-0.3, -0.25) is 14.5 Å². The van der Waals surface area contributed by atoms with Gasteiger partial charge in [0.1, 0.15) is 23.4 Å². The molecule has 1 N–H and O–H groups in total. The Kier molecular flexibility index (Phi) is 7.36. The van der Waals surface area contributed by atoms with Crippen LogP contribution in [-0.2, 0) is 16.0 Å². The summed E-state index contributed by atoms with van der Waals surface area (Å²) in [5, 5.41) is 3.02. The van der Waals surface area contributed by atoms with E-state index < -0.39 is 11.9 Å². The first kappa shape index (κ1) is 24.3. The number of anilines is 2. The molecule has 9 heteroatoms. The molecule has 0 aromatic heterocycles. The number of hydrogen-bond donors (Lipinski definition) is 1. The molecule has 0 radical (unpaired) electrons. The summed E-state index contributed by atoms with van der Waals surface area (Å²) in [6, 6.07) is 17.5. The predicted octanol–water partition coefficient (Wildman–Crippen LogP) is 4.55. The smallest absolute Gasteiger partial charge is 0.256 e. The molecule has 6 nitrogen and oxygen atoms in total. The number of ether oxygens (including phenoxy) is 1. The summed E-state index contributed by atoms with van der Waals surface area (Å²) in [7, 11) is 1.55. The van der Waals surface area contributed by atoms with Crippen molar-refractivity contribution in [2.24, 2.45) is 0 Å². The van der Waals surface area contributed by atoms with Gasteiger partial charge in [0.15, 0.2) is 5.11 Å². The quantitative estimate of drug-likeness (QED) is 0.465. The van der Waals surface area contributed by atoms with Crippen LogP contribution in [0.2, 0.25) is 0 Å². The Labute approximate surface area is 207 Å². The van der Waals surface area contributed by atoms with E-state index in [0.717, 1.165) is 5.56 Å². The van der Waals surface area contributed by atoms with Gasteiger partial charge in [-0.1, -0.05) is 12.1 Å². The van der Waals surface area contributed by atoms with Crippen LogP contribution in [0, 0.1) is 11.6 Å². The number of benzene rings is 3. The van der Waals surface area contributed by atoms with Gasteiger partial charge in [-0.05, 0) is 84.9 Å². The van der Waals surface area contributed by atoms with E-state index in [4.69, 9.17) is 17.0 Å². The Morgan fingerprint density at radius 2 is 1.57 bits per heavy atom. The molecular weight excluding hydrogens is 472 g/mol. The lowest BCUT2D eigenvalue weighted by atomic mass is 10.1. The molecule has 0 bridgehead atoms. The molecule has 4 rings (SSSR count). The minimum absolute atomic E-state index is 0.133. The van der Waals surface area contributed by atoms with Crippen molar-refractivity contribution >= 4 is 40.5 Å². The van der Waals surface area contributed by atoms with Crippen LogP contribution in [0.1, 0.15) is 12.0 Å². The molecule has 2 amide bonds. The normalized spacial score (nSPS) is 15.5. The molecule has 0 unspecified atom stereocenters. The number of hydrogen-bond acceptors (Lipinski definition) is 4. The van der Waals surface area contributed by atoms with Crippen LogP contribution in [-0.4, -0.2) is 41.5 Å². The van der Waals surface area contributed by atoms with Crippen molar-refractivity contribution in [3.63, 3.8) is 0 Å². The third-order valence-electron chi connectivity index (χ3n) is 5.71. The molecule has 180 valence electrons. The highest BCUT2D eigenvalue weighted by Crippen LogP contribution is 2.28. The van der Waals surface area contributed by atoms with Crippen molar-refractivity contribution in [1.82, 2.24) is 4.90 Å². The summed E-state index contributed by atoms with van der Waals surface area (Å²) in [6.07, 6.45) is 0.355. The second-order valence-electron chi connectivity index (χ2n) is 8.00. The standard InChI is InChI=1S/C26H23F2N3O3S/c1-34-22-12-8-20(9-13-22)29-24(32)16-23-25(33)31(21-10-6-19(28)7-11-21)26(35)30(23)15-14-17-2-4-18(27)5-3-17/h2-13,23H,14-16H2,1H3,(H,29,32)/t23-/m1/s1. The number of nitrogens with one attached hydrogen (secondary N) is 1. The summed E-state index contributed by atoms with van der Waals surface area (Å²) >= 11 is 5.61. The van der Waals surface area contributed by atoms with Crippen LogP contribution < -0.4 is 15.0 Å². The van der Waals surface area contributed by atoms with Gasteiger partial charge in [-0.25, -0.2) is 8.78 Å². The molecule has 1 fully saturated rings. The van der Waals surface area contributed by atoms with Gasteiger partial charge in [0, 0.05) is 12.2 Å². The number of halogens is 2. The van der Waals surface area contributed by atoms with E-state index in [-0.39, 0.29) is 29.2 Å². The first-order valence-electron chi connectivity index (χ1n) is 10.9. The van der Waals surface area contributed by atoms with E-state index in [2.05, 4.69) is 5.32 Å². The number of methoxy groups -OCH3 is 1. The molecule has 1 heterocycles. The summed E-state index contributed by atoms with van der Waals surface area (Å²) < 4.78 is 31.9. The maximum atomic E-state index is 13.5. The number of rotatable bonds is 8. The zero-order chi connectivity index (χ0) is 24.9. The monoisotopic (exact) mass is 495 g/mol. The van der Waals surface area contributed by atoms with Crippen LogP contribution in [0.3, 0.4) is 0 Å². The fraction of sp³-hybridized carbons (Fsp3) is 0.192. The summed E-state index contributed by atoms with van der Waals surface area (Å²) in [4.78, 5) is 29.3. The Morgan fingerprint density at radius 3 is 2.17 bits per heavy atom. The van der Waals surface area contributed by atoms with Gasteiger partial charge in [-0.2, -0.15) is 0 Å². The van der Waals surface area contributed by atoms with E-state index in [9.17, 15) is 18.4 Å². The Morgan fingerprint density at radius 1 is 0.971 bits per heavy atom. The molecule has 1 saturated heterocycles. The molecule has 0 saturated carbocycles. The average molecular weight is 496 g/mol. The van der Waals surface area contributed by atoms with Gasteiger partial charge in [-0.15, -0.1) is 0 Å². The first-order chi connectivity index (χ1) is 16.9. The minimum Gasteiger partial charge on any atom is -0.497 e. The number of nitrogens with zero attached hydrogens (tertiary/aromatic N) is 2. The molecule has 1 aliphatic rings. The first-order valence-corrected chi connectivity index (χ1v) is 11.3. The van der Waals surface area contributed by atoms with Crippen LogP contribution >= 0.6 is 12.2 Å². The summed E-state index contributed by atoms with van der Waals surface area (Å²) in [5.41, 5.74) is 1.85.